The fraction of sp³-hybridized carbons (Fsp3) is 0.0370. The Morgan fingerprint density at radius 3 is 1.86 bits per heavy atom. The number of benzene rings is 9. The summed E-state index contributed by atoms with van der Waals surface area (Å²) in [5.74, 6) is 0.796. The Kier molecular flexibility index (Phi) is 7.74. The van der Waals surface area contributed by atoms with Crippen molar-refractivity contribution < 1.29 is 4.42 Å². The molecule has 1 atom stereocenters. The first-order valence-electron chi connectivity index (χ1n) is 19.5. The lowest BCUT2D eigenvalue weighted by Gasteiger charge is -2.21. The summed E-state index contributed by atoms with van der Waals surface area (Å²) in [5, 5.41) is 13.3. The van der Waals surface area contributed by atoms with E-state index in [2.05, 4.69) is 206 Å². The van der Waals surface area contributed by atoms with Gasteiger partial charge in [0.25, 0.3) is 0 Å². The van der Waals surface area contributed by atoms with E-state index in [1.54, 1.807) is 0 Å². The number of aliphatic imine (C=N–C) groups is 1. The third-order valence-corrected chi connectivity index (χ3v) is 11.5. The molecule has 2 heterocycles. The van der Waals surface area contributed by atoms with E-state index >= 15 is 0 Å². The van der Waals surface area contributed by atoms with Crippen LogP contribution in [0.5, 0.6) is 0 Å². The zero-order chi connectivity index (χ0) is 37.9. The van der Waals surface area contributed by atoms with Gasteiger partial charge in [-0.05, 0) is 103 Å². The van der Waals surface area contributed by atoms with E-state index in [0.717, 1.165) is 61.3 Å². The quantitative estimate of drug-likeness (QED) is 0.179. The number of rotatable bonds is 5. The highest BCUT2D eigenvalue weighted by atomic mass is 16.3. The van der Waals surface area contributed by atoms with Gasteiger partial charge in [0.05, 0.1) is 6.04 Å². The van der Waals surface area contributed by atoms with E-state index in [0.29, 0.717) is 0 Å². The second-order valence-electron chi connectivity index (χ2n) is 15.0. The number of nitrogens with one attached hydrogen (secondary N) is 1. The molecule has 0 saturated carbocycles. The highest BCUT2D eigenvalue weighted by Crippen LogP contribution is 2.39. The highest BCUT2D eigenvalue weighted by Gasteiger charge is 2.23. The number of nitrogens with zero attached hydrogens (tertiary/aromatic N) is 1. The van der Waals surface area contributed by atoms with Gasteiger partial charge in [0.1, 0.15) is 22.7 Å². The molecule has 1 aliphatic rings. The molecule has 57 heavy (non-hydrogen) atoms. The minimum atomic E-state index is -0.158. The SMILES string of the molecule is CC1=C=C(c2cccc3oc4ccc(-c5ccc6ccccc6c5)cc4c23)N=C(c2ccc3ccccc3c2)NC1c1ccc(-c2cccc3ccccc23)cc1. The Morgan fingerprint density at radius 1 is 0.474 bits per heavy atom. The van der Waals surface area contributed by atoms with Crippen LogP contribution in [0.25, 0.3) is 82.2 Å². The van der Waals surface area contributed by atoms with Gasteiger partial charge in [0, 0.05) is 21.9 Å². The van der Waals surface area contributed by atoms with Crippen molar-refractivity contribution in [3.05, 3.63) is 216 Å². The van der Waals surface area contributed by atoms with Crippen LogP contribution in [-0.4, -0.2) is 5.84 Å². The van der Waals surface area contributed by atoms with Crippen molar-refractivity contribution in [3.8, 4) is 22.3 Å². The lowest BCUT2D eigenvalue weighted by molar-refractivity contribution is 0.669. The Morgan fingerprint density at radius 2 is 1.07 bits per heavy atom. The van der Waals surface area contributed by atoms with Gasteiger partial charge in [0.2, 0.25) is 0 Å². The first-order chi connectivity index (χ1) is 28.1. The molecule has 0 fully saturated rings. The number of hydrogen-bond acceptors (Lipinski definition) is 3. The largest absolute Gasteiger partial charge is 0.456 e. The lowest BCUT2D eigenvalue weighted by Crippen LogP contribution is -2.29. The first-order valence-corrected chi connectivity index (χ1v) is 19.5. The van der Waals surface area contributed by atoms with Crippen LogP contribution >= 0.6 is 0 Å². The van der Waals surface area contributed by atoms with Crippen LogP contribution in [0.2, 0.25) is 0 Å². The van der Waals surface area contributed by atoms with Crippen molar-refractivity contribution in [1.29, 1.82) is 0 Å². The third kappa shape index (κ3) is 5.81. The minimum Gasteiger partial charge on any atom is -0.456 e. The molecular formula is C54H36N2O. The summed E-state index contributed by atoms with van der Waals surface area (Å²) in [6.45, 7) is 2.15. The number of fused-ring (bicyclic) bond motifs is 6. The Balaban J connectivity index is 1.07. The summed E-state index contributed by atoms with van der Waals surface area (Å²) < 4.78 is 6.52. The molecule has 0 bridgehead atoms. The van der Waals surface area contributed by atoms with Gasteiger partial charge >= 0.3 is 0 Å². The van der Waals surface area contributed by atoms with E-state index in [1.807, 2.05) is 0 Å². The fourth-order valence-corrected chi connectivity index (χ4v) is 8.53. The van der Waals surface area contributed by atoms with Crippen molar-refractivity contribution in [1.82, 2.24) is 5.32 Å². The van der Waals surface area contributed by atoms with Crippen molar-refractivity contribution in [2.75, 3.05) is 0 Å². The summed E-state index contributed by atoms with van der Waals surface area (Å²) >= 11 is 0. The molecule has 0 radical (unpaired) electrons. The van der Waals surface area contributed by atoms with Crippen LogP contribution < -0.4 is 5.32 Å². The molecule has 11 rings (SSSR count). The van der Waals surface area contributed by atoms with Crippen LogP contribution in [0.15, 0.2) is 209 Å². The van der Waals surface area contributed by atoms with Gasteiger partial charge in [-0.3, -0.25) is 0 Å². The lowest BCUT2D eigenvalue weighted by atomic mass is 9.94. The number of amidine groups is 1. The number of hydrogen-bond donors (Lipinski definition) is 1. The molecule has 3 nitrogen and oxygen atoms in total. The van der Waals surface area contributed by atoms with Gasteiger partial charge in [-0.15, -0.1) is 0 Å². The Labute approximate surface area is 330 Å². The van der Waals surface area contributed by atoms with E-state index in [4.69, 9.17) is 9.41 Å². The summed E-state index contributed by atoms with van der Waals surface area (Å²) in [6, 6.07) is 66.8. The van der Waals surface area contributed by atoms with Crippen LogP contribution in [0.3, 0.4) is 0 Å². The summed E-state index contributed by atoms with van der Waals surface area (Å²) in [6.07, 6.45) is 0. The van der Waals surface area contributed by atoms with Gasteiger partial charge in [-0.2, -0.15) is 0 Å². The first kappa shape index (κ1) is 32.9. The molecule has 1 N–H and O–H groups in total. The maximum Gasteiger partial charge on any atom is 0.136 e. The van der Waals surface area contributed by atoms with Crippen LogP contribution in [0.4, 0.5) is 0 Å². The maximum absolute atomic E-state index is 6.52. The topological polar surface area (TPSA) is 37.5 Å². The average molecular weight is 729 g/mol. The smallest absolute Gasteiger partial charge is 0.136 e. The normalized spacial score (nSPS) is 14.4. The Hall–Kier alpha value is -7.45. The predicted molar refractivity (Wildman–Crippen MR) is 239 cm³/mol. The van der Waals surface area contributed by atoms with Crippen LogP contribution in [-0.2, 0) is 0 Å². The summed E-state index contributed by atoms with van der Waals surface area (Å²) in [5.41, 5.74) is 15.2. The fourth-order valence-electron chi connectivity index (χ4n) is 8.53. The molecule has 10 aromatic rings. The van der Waals surface area contributed by atoms with E-state index in [-0.39, 0.29) is 6.04 Å². The molecule has 3 heteroatoms. The predicted octanol–water partition coefficient (Wildman–Crippen LogP) is 14.1. The molecule has 9 aromatic carbocycles. The standard InChI is InChI=1S/C54H36N2O/c1-34-30-49(47-18-9-19-51-52(47)48-33-43(28-29-50(48)57-51)42-26-20-35-10-2-4-13-40(35)31-42)55-54(44-27-21-36-11-3-5-14-41(36)32-44)56-53(34)39-24-22-38(23-25-39)46-17-8-15-37-12-6-7-16-45(37)46/h2-29,31-33,53H,1H3,(H,55,56). The maximum atomic E-state index is 6.52. The van der Waals surface area contributed by atoms with Crippen LogP contribution in [0, 0.1) is 0 Å². The second kappa shape index (κ2) is 13.4. The van der Waals surface area contributed by atoms with Gasteiger partial charge in [-0.1, -0.05) is 163 Å². The highest BCUT2D eigenvalue weighted by molar-refractivity contribution is 6.13. The third-order valence-electron chi connectivity index (χ3n) is 11.5. The van der Waals surface area contributed by atoms with Gasteiger partial charge < -0.3 is 9.73 Å². The molecule has 0 spiro atoms. The van der Waals surface area contributed by atoms with Gasteiger partial charge in [-0.25, -0.2) is 4.99 Å². The monoisotopic (exact) mass is 728 g/mol. The Bertz CT molecular complexity index is 3320. The van der Waals surface area contributed by atoms with E-state index in [9.17, 15) is 0 Å². The van der Waals surface area contributed by atoms with Crippen molar-refractivity contribution in [3.63, 3.8) is 0 Å². The molecule has 1 aromatic heterocycles. The number of furan rings is 1. The van der Waals surface area contributed by atoms with E-state index < -0.39 is 0 Å². The molecule has 0 saturated heterocycles. The molecular weight excluding hydrogens is 693 g/mol. The minimum absolute atomic E-state index is 0.158. The average Bonchev–Trinajstić information content (AvgIpc) is 3.55. The van der Waals surface area contributed by atoms with Crippen molar-refractivity contribution in [2.24, 2.45) is 4.99 Å². The van der Waals surface area contributed by atoms with Crippen LogP contribution in [0.1, 0.15) is 29.7 Å². The molecule has 0 amide bonds. The summed E-state index contributed by atoms with van der Waals surface area (Å²) in [7, 11) is 0. The van der Waals surface area contributed by atoms with Gasteiger partial charge in [0.15, 0.2) is 0 Å². The second-order valence-corrected chi connectivity index (χ2v) is 15.0. The molecule has 1 unspecified atom stereocenters. The van der Waals surface area contributed by atoms with Crippen molar-refractivity contribution >= 4 is 65.8 Å². The van der Waals surface area contributed by atoms with Crippen molar-refractivity contribution in [2.45, 2.75) is 13.0 Å². The zero-order valence-electron chi connectivity index (χ0n) is 31.3. The van der Waals surface area contributed by atoms with E-state index in [1.165, 1.54) is 49.0 Å². The molecule has 1 aliphatic heterocycles. The summed E-state index contributed by atoms with van der Waals surface area (Å²) in [4.78, 5) is 5.45. The molecule has 0 aliphatic carbocycles. The molecule has 268 valence electrons. The zero-order valence-corrected chi connectivity index (χ0v) is 31.3.